The van der Waals surface area contributed by atoms with Gasteiger partial charge in [-0.15, -0.1) is 0 Å². The molecule has 0 bridgehead atoms. The van der Waals surface area contributed by atoms with E-state index in [0.717, 1.165) is 5.56 Å². The summed E-state index contributed by atoms with van der Waals surface area (Å²) in [7, 11) is 0. The molecule has 2 aromatic carbocycles. The molecule has 144 valence electrons. The number of anilines is 1. The molecule has 0 saturated carbocycles. The molecule has 28 heavy (non-hydrogen) atoms. The number of aryl methyl sites for hydroxylation is 1. The van der Waals surface area contributed by atoms with Crippen molar-refractivity contribution in [3.05, 3.63) is 65.5 Å². The first-order valence-electron chi connectivity index (χ1n) is 9.05. The van der Waals surface area contributed by atoms with Gasteiger partial charge in [0.1, 0.15) is 0 Å². The Balaban J connectivity index is 1.57. The number of carbonyl (C=O) groups is 2. The Morgan fingerprint density at radius 3 is 2.57 bits per heavy atom. The van der Waals surface area contributed by atoms with E-state index in [1.54, 1.807) is 18.2 Å². The van der Waals surface area contributed by atoms with Crippen LogP contribution in [0.25, 0.3) is 11.4 Å². The van der Waals surface area contributed by atoms with Gasteiger partial charge in [-0.2, -0.15) is 4.98 Å². The highest BCUT2D eigenvalue weighted by Gasteiger charge is 2.12. The van der Waals surface area contributed by atoms with Gasteiger partial charge in [0.05, 0.1) is 0 Å². The van der Waals surface area contributed by atoms with Crippen LogP contribution in [0.4, 0.5) is 5.69 Å². The fraction of sp³-hybridized carbons (Fsp3) is 0.238. The third-order valence-corrected chi connectivity index (χ3v) is 4.30. The van der Waals surface area contributed by atoms with Crippen LogP contribution in [0.5, 0.6) is 0 Å². The molecule has 2 amide bonds. The zero-order valence-electron chi connectivity index (χ0n) is 15.8. The molecule has 3 N–H and O–H groups in total. The lowest BCUT2D eigenvalue weighted by molar-refractivity contribution is -0.116. The number of hydrogen-bond acceptors (Lipinski definition) is 5. The van der Waals surface area contributed by atoms with Gasteiger partial charge in [0.25, 0.3) is 0 Å². The van der Waals surface area contributed by atoms with Crippen molar-refractivity contribution in [2.45, 2.75) is 32.6 Å². The van der Waals surface area contributed by atoms with Crippen molar-refractivity contribution >= 4 is 17.5 Å². The normalized spacial score (nSPS) is 10.8. The quantitative estimate of drug-likeness (QED) is 0.653. The third kappa shape index (κ3) is 4.82. The minimum absolute atomic E-state index is 0.175. The van der Waals surface area contributed by atoms with Crippen molar-refractivity contribution in [2.24, 2.45) is 5.73 Å². The molecule has 0 spiro atoms. The Morgan fingerprint density at radius 2 is 1.89 bits per heavy atom. The molecule has 0 unspecified atom stereocenters. The molecule has 0 aliphatic carbocycles. The van der Waals surface area contributed by atoms with Crippen LogP contribution < -0.4 is 11.1 Å². The van der Waals surface area contributed by atoms with Crippen LogP contribution in [-0.4, -0.2) is 22.0 Å². The van der Waals surface area contributed by atoms with E-state index in [1.165, 1.54) is 11.6 Å². The van der Waals surface area contributed by atoms with Crippen LogP contribution in [0.3, 0.4) is 0 Å². The number of primary amides is 1. The lowest BCUT2D eigenvalue weighted by Crippen LogP contribution is -2.14. The van der Waals surface area contributed by atoms with E-state index in [4.69, 9.17) is 10.3 Å². The summed E-state index contributed by atoms with van der Waals surface area (Å²) in [6.45, 7) is 4.27. The number of nitrogens with one attached hydrogen (secondary N) is 1. The zero-order chi connectivity index (χ0) is 20.1. The van der Waals surface area contributed by atoms with Crippen molar-refractivity contribution in [3.8, 4) is 11.4 Å². The van der Waals surface area contributed by atoms with Crippen LogP contribution in [-0.2, 0) is 11.2 Å². The summed E-state index contributed by atoms with van der Waals surface area (Å²) >= 11 is 0. The lowest BCUT2D eigenvalue weighted by atomic mass is 10.0. The number of amides is 2. The SMILES string of the molecule is CC(C)c1ccc(-c2noc(CCC(=O)Nc3cccc(C(N)=O)c3)n2)cc1. The summed E-state index contributed by atoms with van der Waals surface area (Å²) in [4.78, 5) is 27.7. The van der Waals surface area contributed by atoms with Crippen molar-refractivity contribution in [1.82, 2.24) is 10.1 Å². The van der Waals surface area contributed by atoms with Crippen LogP contribution in [0.1, 0.15) is 48.0 Å². The molecule has 0 aliphatic heterocycles. The van der Waals surface area contributed by atoms with Crippen LogP contribution in [0, 0.1) is 0 Å². The number of benzene rings is 2. The number of rotatable bonds is 7. The summed E-state index contributed by atoms with van der Waals surface area (Å²) in [5.41, 5.74) is 8.20. The average Bonchev–Trinajstić information content (AvgIpc) is 3.16. The summed E-state index contributed by atoms with van der Waals surface area (Å²) in [6, 6.07) is 14.5. The highest BCUT2D eigenvalue weighted by molar-refractivity contribution is 5.96. The molecule has 0 radical (unpaired) electrons. The third-order valence-electron chi connectivity index (χ3n) is 4.30. The number of nitrogens with two attached hydrogens (primary N) is 1. The molecule has 3 rings (SSSR count). The Hall–Kier alpha value is -3.48. The van der Waals surface area contributed by atoms with Crippen molar-refractivity contribution in [2.75, 3.05) is 5.32 Å². The van der Waals surface area contributed by atoms with Gasteiger partial charge < -0.3 is 15.6 Å². The fourth-order valence-electron chi connectivity index (χ4n) is 2.68. The van der Waals surface area contributed by atoms with Gasteiger partial charge in [-0.3, -0.25) is 9.59 Å². The second kappa shape index (κ2) is 8.47. The van der Waals surface area contributed by atoms with Crippen LogP contribution >= 0.6 is 0 Å². The first-order valence-corrected chi connectivity index (χ1v) is 9.05. The molecular formula is C21H22N4O3. The minimum atomic E-state index is -0.545. The largest absolute Gasteiger partial charge is 0.366 e. The van der Waals surface area contributed by atoms with E-state index >= 15 is 0 Å². The lowest BCUT2D eigenvalue weighted by Gasteiger charge is -2.05. The molecule has 0 atom stereocenters. The summed E-state index contributed by atoms with van der Waals surface area (Å²) in [5, 5.41) is 6.71. The van der Waals surface area contributed by atoms with Gasteiger partial charge in [-0.05, 0) is 29.7 Å². The molecule has 3 aromatic rings. The average molecular weight is 378 g/mol. The molecular weight excluding hydrogens is 356 g/mol. The molecule has 0 aliphatic rings. The molecule has 7 heteroatoms. The number of aromatic nitrogens is 2. The second-order valence-corrected chi connectivity index (χ2v) is 6.78. The predicted molar refractivity (Wildman–Crippen MR) is 106 cm³/mol. The van der Waals surface area contributed by atoms with E-state index in [9.17, 15) is 9.59 Å². The fourth-order valence-corrected chi connectivity index (χ4v) is 2.68. The Bertz CT molecular complexity index is 977. The van der Waals surface area contributed by atoms with Gasteiger partial charge in [-0.25, -0.2) is 0 Å². The predicted octanol–water partition coefficient (Wildman–Crippen LogP) is 3.53. The Labute approximate surface area is 162 Å². The highest BCUT2D eigenvalue weighted by atomic mass is 16.5. The topological polar surface area (TPSA) is 111 Å². The van der Waals surface area contributed by atoms with Crippen LogP contribution in [0.15, 0.2) is 53.1 Å². The van der Waals surface area contributed by atoms with Crippen molar-refractivity contribution in [1.29, 1.82) is 0 Å². The first-order chi connectivity index (χ1) is 13.4. The van der Waals surface area contributed by atoms with Gasteiger partial charge in [0, 0.05) is 29.7 Å². The standard InChI is InChI=1S/C21H22N4O3/c1-13(2)14-6-8-15(9-7-14)21-24-19(28-25-21)11-10-18(26)23-17-5-3-4-16(12-17)20(22)27/h3-9,12-13H,10-11H2,1-2H3,(H2,22,27)(H,23,26). The van der Waals surface area contributed by atoms with Crippen molar-refractivity contribution in [3.63, 3.8) is 0 Å². The smallest absolute Gasteiger partial charge is 0.248 e. The summed E-state index contributed by atoms with van der Waals surface area (Å²) in [5.74, 6) is 0.583. The molecule has 1 aromatic heterocycles. The van der Waals surface area contributed by atoms with E-state index in [-0.39, 0.29) is 12.3 Å². The van der Waals surface area contributed by atoms with E-state index in [1.807, 2.05) is 24.3 Å². The van der Waals surface area contributed by atoms with Crippen LogP contribution in [0.2, 0.25) is 0 Å². The van der Waals surface area contributed by atoms with E-state index < -0.39 is 5.91 Å². The Morgan fingerprint density at radius 1 is 1.14 bits per heavy atom. The van der Waals surface area contributed by atoms with E-state index in [2.05, 4.69) is 29.3 Å². The van der Waals surface area contributed by atoms with Gasteiger partial charge in [-0.1, -0.05) is 49.3 Å². The minimum Gasteiger partial charge on any atom is -0.366 e. The number of hydrogen-bond donors (Lipinski definition) is 2. The molecule has 0 saturated heterocycles. The summed E-state index contributed by atoms with van der Waals surface area (Å²) in [6.07, 6.45) is 0.493. The second-order valence-electron chi connectivity index (χ2n) is 6.78. The van der Waals surface area contributed by atoms with Crippen molar-refractivity contribution < 1.29 is 14.1 Å². The first kappa shape index (κ1) is 19.3. The maximum Gasteiger partial charge on any atom is 0.248 e. The molecule has 0 fully saturated rings. The van der Waals surface area contributed by atoms with E-state index in [0.29, 0.717) is 35.3 Å². The maximum absolute atomic E-state index is 12.1. The molecule has 1 heterocycles. The Kier molecular flexibility index (Phi) is 5.84. The molecule has 7 nitrogen and oxygen atoms in total. The summed E-state index contributed by atoms with van der Waals surface area (Å²) < 4.78 is 5.25. The monoisotopic (exact) mass is 378 g/mol. The number of nitrogens with zero attached hydrogens (tertiary/aromatic N) is 2. The van der Waals surface area contributed by atoms with Gasteiger partial charge >= 0.3 is 0 Å². The van der Waals surface area contributed by atoms with Gasteiger partial charge in [0.15, 0.2) is 0 Å². The highest BCUT2D eigenvalue weighted by Crippen LogP contribution is 2.21. The maximum atomic E-state index is 12.1. The zero-order valence-corrected chi connectivity index (χ0v) is 15.8. The number of carbonyl (C=O) groups excluding carboxylic acids is 2. The van der Waals surface area contributed by atoms with Gasteiger partial charge in [0.2, 0.25) is 23.5 Å².